The van der Waals surface area contributed by atoms with Crippen molar-refractivity contribution in [1.82, 2.24) is 9.62 Å². The van der Waals surface area contributed by atoms with Crippen LogP contribution < -0.4 is 15.4 Å². The van der Waals surface area contributed by atoms with Crippen LogP contribution in [-0.2, 0) is 14.8 Å². The number of piperidine rings is 1. The van der Waals surface area contributed by atoms with Gasteiger partial charge in [-0.3, -0.25) is 9.59 Å². The van der Waals surface area contributed by atoms with Crippen LogP contribution in [0.5, 0.6) is 5.75 Å². The largest absolute Gasteiger partial charge is 0.495 e. The number of rotatable bonds is 8. The number of sulfonamides is 1. The van der Waals surface area contributed by atoms with Crippen molar-refractivity contribution >= 4 is 27.5 Å². The number of carbonyl (C=O) groups is 2. The minimum Gasteiger partial charge on any atom is -0.495 e. The fourth-order valence-electron chi connectivity index (χ4n) is 3.20. The van der Waals surface area contributed by atoms with Crippen molar-refractivity contribution in [3.63, 3.8) is 0 Å². The Bertz CT molecular complexity index is 982. The molecule has 0 radical (unpaired) electrons. The summed E-state index contributed by atoms with van der Waals surface area (Å²) in [5.74, 6) is -0.297. The van der Waals surface area contributed by atoms with E-state index in [2.05, 4.69) is 10.6 Å². The molecular formula is C20H25N3O6S. The Morgan fingerprint density at radius 1 is 1.17 bits per heavy atom. The molecule has 0 spiro atoms. The van der Waals surface area contributed by atoms with Gasteiger partial charge in [-0.05, 0) is 43.2 Å². The van der Waals surface area contributed by atoms with Gasteiger partial charge in [0.2, 0.25) is 15.9 Å². The third-order valence-electron chi connectivity index (χ3n) is 4.78. The lowest BCUT2D eigenvalue weighted by atomic mass is 10.2. The second kappa shape index (κ2) is 9.77. The topological polar surface area (TPSA) is 118 Å². The van der Waals surface area contributed by atoms with Gasteiger partial charge in [0, 0.05) is 26.1 Å². The van der Waals surface area contributed by atoms with Gasteiger partial charge in [-0.2, -0.15) is 4.31 Å². The van der Waals surface area contributed by atoms with E-state index in [0.29, 0.717) is 18.8 Å². The van der Waals surface area contributed by atoms with Gasteiger partial charge < -0.3 is 19.8 Å². The second-order valence-corrected chi connectivity index (χ2v) is 8.80. The van der Waals surface area contributed by atoms with E-state index < -0.39 is 15.9 Å². The van der Waals surface area contributed by atoms with Crippen LogP contribution in [0.2, 0.25) is 0 Å². The van der Waals surface area contributed by atoms with Gasteiger partial charge in [0.15, 0.2) is 5.76 Å². The number of benzene rings is 1. The van der Waals surface area contributed by atoms with Crippen LogP contribution in [0, 0.1) is 0 Å². The van der Waals surface area contributed by atoms with Gasteiger partial charge >= 0.3 is 0 Å². The predicted octanol–water partition coefficient (Wildman–Crippen LogP) is 2.22. The lowest BCUT2D eigenvalue weighted by molar-refractivity contribution is -0.116. The van der Waals surface area contributed by atoms with Crippen LogP contribution in [0.15, 0.2) is 45.9 Å². The lowest BCUT2D eigenvalue weighted by Crippen LogP contribution is -2.35. The molecule has 2 heterocycles. The van der Waals surface area contributed by atoms with E-state index in [0.717, 1.165) is 19.3 Å². The van der Waals surface area contributed by atoms with Gasteiger partial charge in [-0.15, -0.1) is 0 Å². The molecule has 1 fully saturated rings. The number of hydrogen-bond acceptors (Lipinski definition) is 6. The van der Waals surface area contributed by atoms with Crippen molar-refractivity contribution < 1.29 is 27.2 Å². The van der Waals surface area contributed by atoms with Gasteiger partial charge in [-0.1, -0.05) is 6.42 Å². The normalized spacial score (nSPS) is 14.8. The van der Waals surface area contributed by atoms with Crippen molar-refractivity contribution in [2.24, 2.45) is 0 Å². The standard InChI is InChI=1S/C20H25N3O6S/c1-28-17-8-7-15(30(26,27)23-11-3-2-4-12-23)14-16(17)22-19(24)9-10-21-20(25)18-6-5-13-29-18/h5-8,13-14H,2-4,9-12H2,1H3,(H,21,25)(H,22,24). The fraction of sp³-hybridized carbons (Fsp3) is 0.400. The maximum Gasteiger partial charge on any atom is 0.286 e. The van der Waals surface area contributed by atoms with E-state index in [1.54, 1.807) is 6.07 Å². The van der Waals surface area contributed by atoms with Gasteiger partial charge in [0.25, 0.3) is 5.91 Å². The molecule has 2 N–H and O–H groups in total. The molecule has 1 aromatic heterocycles. The molecule has 1 saturated heterocycles. The molecule has 30 heavy (non-hydrogen) atoms. The van der Waals surface area contributed by atoms with E-state index in [-0.39, 0.29) is 35.2 Å². The number of carbonyl (C=O) groups excluding carboxylic acids is 2. The molecule has 162 valence electrons. The first-order valence-electron chi connectivity index (χ1n) is 9.71. The number of anilines is 1. The van der Waals surface area contributed by atoms with Crippen molar-refractivity contribution in [3.8, 4) is 5.75 Å². The maximum atomic E-state index is 12.9. The van der Waals surface area contributed by atoms with Crippen LogP contribution in [0.1, 0.15) is 36.2 Å². The predicted molar refractivity (Wildman–Crippen MR) is 110 cm³/mol. The average molecular weight is 436 g/mol. The highest BCUT2D eigenvalue weighted by Crippen LogP contribution is 2.30. The van der Waals surface area contributed by atoms with E-state index in [1.807, 2.05) is 0 Å². The fourth-order valence-corrected chi connectivity index (χ4v) is 4.74. The summed E-state index contributed by atoms with van der Waals surface area (Å²) >= 11 is 0. The van der Waals surface area contributed by atoms with Crippen LogP contribution >= 0.6 is 0 Å². The highest BCUT2D eigenvalue weighted by Gasteiger charge is 2.27. The molecule has 10 heteroatoms. The van der Waals surface area contributed by atoms with Crippen molar-refractivity contribution in [3.05, 3.63) is 42.4 Å². The highest BCUT2D eigenvalue weighted by molar-refractivity contribution is 7.89. The summed E-state index contributed by atoms with van der Waals surface area (Å²) in [5, 5.41) is 5.25. The number of ether oxygens (including phenoxy) is 1. The Labute approximate surface area is 175 Å². The Hall–Kier alpha value is -2.85. The van der Waals surface area contributed by atoms with E-state index in [9.17, 15) is 18.0 Å². The molecule has 1 aliphatic heterocycles. The molecule has 0 aliphatic carbocycles. The second-order valence-electron chi connectivity index (χ2n) is 6.86. The van der Waals surface area contributed by atoms with Crippen molar-refractivity contribution in [2.45, 2.75) is 30.6 Å². The zero-order chi connectivity index (χ0) is 21.6. The number of nitrogens with one attached hydrogen (secondary N) is 2. The molecule has 9 nitrogen and oxygen atoms in total. The summed E-state index contributed by atoms with van der Waals surface area (Å²) in [4.78, 5) is 24.2. The molecule has 2 amide bonds. The van der Waals surface area contributed by atoms with Gasteiger partial charge in [0.1, 0.15) is 5.75 Å². The first-order valence-corrected chi connectivity index (χ1v) is 11.2. The molecule has 0 unspecified atom stereocenters. The molecule has 0 atom stereocenters. The zero-order valence-corrected chi connectivity index (χ0v) is 17.5. The molecular weight excluding hydrogens is 410 g/mol. The number of amides is 2. The van der Waals surface area contributed by atoms with Crippen LogP contribution in [0.25, 0.3) is 0 Å². The summed E-state index contributed by atoms with van der Waals surface area (Å²) in [5.41, 5.74) is 0.262. The minimum atomic E-state index is -3.64. The SMILES string of the molecule is COc1ccc(S(=O)(=O)N2CCCCC2)cc1NC(=O)CCNC(=O)c1ccco1. The summed E-state index contributed by atoms with van der Waals surface area (Å²) in [7, 11) is -2.20. The third-order valence-corrected chi connectivity index (χ3v) is 6.68. The summed E-state index contributed by atoms with van der Waals surface area (Å²) in [6, 6.07) is 7.52. The molecule has 1 aromatic carbocycles. The lowest BCUT2D eigenvalue weighted by Gasteiger charge is -2.26. The third kappa shape index (κ3) is 5.19. The van der Waals surface area contributed by atoms with Crippen molar-refractivity contribution in [2.75, 3.05) is 32.1 Å². The summed E-state index contributed by atoms with van der Waals surface area (Å²) in [6.45, 7) is 1.08. The molecule has 1 aliphatic rings. The molecule has 0 saturated carbocycles. The Kier molecular flexibility index (Phi) is 7.11. The molecule has 0 bridgehead atoms. The average Bonchev–Trinajstić information content (AvgIpc) is 3.29. The van der Waals surface area contributed by atoms with Gasteiger partial charge in [0.05, 0.1) is 24.0 Å². The number of nitrogens with zero attached hydrogens (tertiary/aromatic N) is 1. The Balaban J connectivity index is 1.64. The zero-order valence-electron chi connectivity index (χ0n) is 16.7. The van der Waals surface area contributed by atoms with E-state index in [1.165, 1.54) is 41.9 Å². The van der Waals surface area contributed by atoms with Crippen LogP contribution in [-0.4, -0.2) is 51.3 Å². The minimum absolute atomic E-state index is 0.00128. The highest BCUT2D eigenvalue weighted by atomic mass is 32.2. The van der Waals surface area contributed by atoms with Crippen LogP contribution in [0.4, 0.5) is 5.69 Å². The van der Waals surface area contributed by atoms with Crippen molar-refractivity contribution in [1.29, 1.82) is 0 Å². The van der Waals surface area contributed by atoms with E-state index >= 15 is 0 Å². The quantitative estimate of drug-likeness (QED) is 0.656. The number of methoxy groups -OCH3 is 1. The first-order chi connectivity index (χ1) is 14.4. The molecule has 2 aromatic rings. The Morgan fingerprint density at radius 3 is 2.60 bits per heavy atom. The Morgan fingerprint density at radius 2 is 1.93 bits per heavy atom. The number of furan rings is 1. The van der Waals surface area contributed by atoms with Gasteiger partial charge in [-0.25, -0.2) is 8.42 Å². The maximum absolute atomic E-state index is 12.9. The van der Waals surface area contributed by atoms with Crippen LogP contribution in [0.3, 0.4) is 0 Å². The number of hydrogen-bond donors (Lipinski definition) is 2. The summed E-state index contributed by atoms with van der Waals surface area (Å²) in [6.07, 6.45) is 4.08. The smallest absolute Gasteiger partial charge is 0.286 e. The molecule has 3 rings (SSSR count). The first kappa shape index (κ1) is 21.8. The monoisotopic (exact) mass is 435 g/mol. The summed E-state index contributed by atoms with van der Waals surface area (Å²) < 4.78 is 37.5. The van der Waals surface area contributed by atoms with E-state index in [4.69, 9.17) is 9.15 Å².